The van der Waals surface area contributed by atoms with Crippen molar-refractivity contribution in [1.82, 2.24) is 10.7 Å². The number of amides is 2. The summed E-state index contributed by atoms with van der Waals surface area (Å²) >= 11 is 0. The van der Waals surface area contributed by atoms with E-state index in [1.165, 1.54) is 6.07 Å². The average Bonchev–Trinajstić information content (AvgIpc) is 3.03. The molecule has 3 rings (SSSR count). The molecule has 1 atom stereocenters. The Morgan fingerprint density at radius 2 is 2.11 bits per heavy atom. The van der Waals surface area contributed by atoms with Gasteiger partial charge in [-0.05, 0) is 23.8 Å². The highest BCUT2D eigenvalue weighted by Crippen LogP contribution is 2.17. The molecule has 0 aromatic heterocycles. The number of nitriles is 1. The summed E-state index contributed by atoms with van der Waals surface area (Å²) in [6, 6.07) is 13.6. The second kappa shape index (κ2) is 8.55. The number of nitrogens with one attached hydrogen (secondary N) is 3. The lowest BCUT2D eigenvalue weighted by molar-refractivity contribution is -0.123. The van der Waals surface area contributed by atoms with Crippen molar-refractivity contribution in [2.24, 2.45) is 10.1 Å². The van der Waals surface area contributed by atoms with Crippen molar-refractivity contribution < 1.29 is 14.0 Å². The standard InChI is InChI=1S/C19H15FN6O2/c20-14-6-7-15(13(8-14)10-21)23-17(27)9-16-18(28)25-19(24-16)26-22-11-12-4-2-1-3-5-12/h1-8,11,16H,9H2,(H,23,27)(H2,24,25,26,28)/b22-11-/t16-/m0/s1. The van der Waals surface area contributed by atoms with Crippen LogP contribution in [0.2, 0.25) is 0 Å². The van der Waals surface area contributed by atoms with Gasteiger partial charge in [0.05, 0.1) is 23.9 Å². The highest BCUT2D eigenvalue weighted by Gasteiger charge is 2.28. The number of aliphatic imine (C=N–C) groups is 1. The molecule has 28 heavy (non-hydrogen) atoms. The molecule has 0 spiro atoms. The Kier molecular flexibility index (Phi) is 5.72. The lowest BCUT2D eigenvalue weighted by Gasteiger charge is -2.08. The first-order valence-electron chi connectivity index (χ1n) is 8.27. The van der Waals surface area contributed by atoms with Crippen molar-refractivity contribution in [3.8, 4) is 6.07 Å². The minimum absolute atomic E-state index is 0.00895. The smallest absolute Gasteiger partial charge is 0.252 e. The van der Waals surface area contributed by atoms with E-state index in [9.17, 15) is 14.0 Å². The molecule has 8 nitrogen and oxygen atoms in total. The minimum atomic E-state index is -0.930. The van der Waals surface area contributed by atoms with Gasteiger partial charge < -0.3 is 5.32 Å². The van der Waals surface area contributed by atoms with E-state index in [1.54, 1.807) is 12.3 Å². The van der Waals surface area contributed by atoms with Gasteiger partial charge in [0.25, 0.3) is 5.91 Å². The Morgan fingerprint density at radius 3 is 2.86 bits per heavy atom. The maximum Gasteiger partial charge on any atom is 0.252 e. The van der Waals surface area contributed by atoms with E-state index in [-0.39, 0.29) is 23.6 Å². The number of hydrogen-bond donors (Lipinski definition) is 3. The van der Waals surface area contributed by atoms with Crippen molar-refractivity contribution in [2.75, 3.05) is 5.32 Å². The topological polar surface area (TPSA) is 119 Å². The largest absolute Gasteiger partial charge is 0.325 e. The molecular formula is C19H15FN6O2. The highest BCUT2D eigenvalue weighted by atomic mass is 19.1. The summed E-state index contributed by atoms with van der Waals surface area (Å²) in [7, 11) is 0. The van der Waals surface area contributed by atoms with Gasteiger partial charge in [0.15, 0.2) is 0 Å². The van der Waals surface area contributed by atoms with Gasteiger partial charge in [-0.3, -0.25) is 14.9 Å². The summed E-state index contributed by atoms with van der Waals surface area (Å²) in [6.07, 6.45) is 1.33. The summed E-state index contributed by atoms with van der Waals surface area (Å²) in [5.74, 6) is -1.43. The second-order valence-corrected chi connectivity index (χ2v) is 5.82. The van der Waals surface area contributed by atoms with Crippen LogP contribution in [0, 0.1) is 17.1 Å². The van der Waals surface area contributed by atoms with E-state index in [4.69, 9.17) is 5.26 Å². The highest BCUT2D eigenvalue weighted by molar-refractivity contribution is 6.07. The number of rotatable bonds is 5. The van der Waals surface area contributed by atoms with E-state index < -0.39 is 23.7 Å². The number of hydrazone groups is 1. The number of nitrogens with zero attached hydrogens (tertiary/aromatic N) is 3. The Morgan fingerprint density at radius 1 is 1.32 bits per heavy atom. The molecule has 2 aromatic rings. The lowest BCUT2D eigenvalue weighted by atomic mass is 10.1. The predicted octanol–water partition coefficient (Wildman–Crippen LogP) is 1.50. The van der Waals surface area contributed by atoms with Gasteiger partial charge in [0.2, 0.25) is 11.9 Å². The number of anilines is 1. The zero-order chi connectivity index (χ0) is 19.9. The number of hydrogen-bond acceptors (Lipinski definition) is 6. The molecule has 0 radical (unpaired) electrons. The van der Waals surface area contributed by atoms with Crippen LogP contribution < -0.4 is 16.1 Å². The Bertz CT molecular complexity index is 997. The average molecular weight is 378 g/mol. The third-order valence-electron chi connectivity index (χ3n) is 3.77. The first kappa shape index (κ1) is 18.7. The van der Waals surface area contributed by atoms with Gasteiger partial charge >= 0.3 is 0 Å². The molecule has 0 bridgehead atoms. The fourth-order valence-electron chi connectivity index (χ4n) is 2.44. The summed E-state index contributed by atoms with van der Waals surface area (Å²) in [4.78, 5) is 28.2. The second-order valence-electron chi connectivity index (χ2n) is 5.82. The first-order chi connectivity index (χ1) is 13.5. The maximum absolute atomic E-state index is 13.2. The van der Waals surface area contributed by atoms with Crippen LogP contribution in [0.15, 0.2) is 58.6 Å². The fraction of sp³-hybridized carbons (Fsp3) is 0.105. The predicted molar refractivity (Wildman–Crippen MR) is 101 cm³/mol. The normalized spacial score (nSPS) is 15.6. The van der Waals surface area contributed by atoms with Crippen LogP contribution in [0.25, 0.3) is 0 Å². The number of carbonyl (C=O) groups is 2. The number of carbonyl (C=O) groups excluding carboxylic acids is 2. The third kappa shape index (κ3) is 4.76. The molecule has 1 heterocycles. The van der Waals surface area contributed by atoms with Crippen molar-refractivity contribution in [1.29, 1.82) is 5.26 Å². The molecule has 1 aliphatic rings. The van der Waals surface area contributed by atoms with E-state index in [1.807, 2.05) is 30.3 Å². The number of benzene rings is 2. The number of guanidine groups is 1. The molecule has 0 unspecified atom stereocenters. The monoisotopic (exact) mass is 378 g/mol. The first-order valence-corrected chi connectivity index (χ1v) is 8.27. The Labute approximate surface area is 159 Å². The van der Waals surface area contributed by atoms with Gasteiger partial charge in [-0.2, -0.15) is 10.4 Å². The molecule has 2 aromatic carbocycles. The van der Waals surface area contributed by atoms with Crippen LogP contribution in [0.1, 0.15) is 17.5 Å². The van der Waals surface area contributed by atoms with Crippen LogP contribution in [0.3, 0.4) is 0 Å². The summed E-state index contributed by atoms with van der Waals surface area (Å²) in [5, 5.41) is 18.0. The molecule has 9 heteroatoms. The van der Waals surface area contributed by atoms with Crippen molar-refractivity contribution >= 4 is 29.7 Å². The third-order valence-corrected chi connectivity index (χ3v) is 3.77. The van der Waals surface area contributed by atoms with Crippen LogP contribution in [-0.4, -0.2) is 30.0 Å². The van der Waals surface area contributed by atoms with Crippen LogP contribution >= 0.6 is 0 Å². The molecule has 3 N–H and O–H groups in total. The van der Waals surface area contributed by atoms with E-state index in [2.05, 4.69) is 26.2 Å². The lowest BCUT2D eigenvalue weighted by Crippen LogP contribution is -2.35. The summed E-state index contributed by atoms with van der Waals surface area (Å²) < 4.78 is 13.2. The van der Waals surface area contributed by atoms with Gasteiger partial charge in [-0.25, -0.2) is 14.8 Å². The zero-order valence-electron chi connectivity index (χ0n) is 14.5. The molecule has 0 fully saturated rings. The molecule has 140 valence electrons. The van der Waals surface area contributed by atoms with Crippen molar-refractivity contribution in [3.05, 3.63) is 65.5 Å². The molecule has 1 aliphatic heterocycles. The van der Waals surface area contributed by atoms with Gasteiger partial charge in [-0.1, -0.05) is 30.3 Å². The SMILES string of the molecule is N#Cc1cc(F)ccc1NC(=O)C[C@@H]1N=C(N/N=C\c2ccccc2)NC1=O. The Hall–Kier alpha value is -4.06. The van der Waals surface area contributed by atoms with E-state index in [0.29, 0.717) is 0 Å². The van der Waals surface area contributed by atoms with Crippen LogP contribution in [0.5, 0.6) is 0 Å². The molecule has 0 saturated carbocycles. The Balaban J connectivity index is 1.58. The fourth-order valence-corrected chi connectivity index (χ4v) is 2.44. The minimum Gasteiger partial charge on any atom is -0.325 e. The molecule has 2 amide bonds. The van der Waals surface area contributed by atoms with Crippen molar-refractivity contribution in [2.45, 2.75) is 12.5 Å². The quantitative estimate of drug-likeness (QED) is 0.540. The van der Waals surface area contributed by atoms with E-state index >= 15 is 0 Å². The molecular weight excluding hydrogens is 363 g/mol. The molecule has 0 saturated heterocycles. The van der Waals surface area contributed by atoms with Crippen LogP contribution in [-0.2, 0) is 9.59 Å². The zero-order valence-corrected chi connectivity index (χ0v) is 14.5. The van der Waals surface area contributed by atoms with Gasteiger partial charge in [-0.15, -0.1) is 0 Å². The van der Waals surface area contributed by atoms with Crippen LogP contribution in [0.4, 0.5) is 10.1 Å². The number of halogens is 1. The summed E-state index contributed by atoms with van der Waals surface area (Å²) in [6.45, 7) is 0. The van der Waals surface area contributed by atoms with Gasteiger partial charge in [0, 0.05) is 0 Å². The molecule has 0 aliphatic carbocycles. The van der Waals surface area contributed by atoms with E-state index in [0.717, 1.165) is 17.7 Å². The summed E-state index contributed by atoms with van der Waals surface area (Å²) in [5.41, 5.74) is 3.63. The van der Waals surface area contributed by atoms with Crippen molar-refractivity contribution in [3.63, 3.8) is 0 Å². The maximum atomic E-state index is 13.2. The van der Waals surface area contributed by atoms with Gasteiger partial charge in [0.1, 0.15) is 17.9 Å².